The molecule has 1 unspecified atom stereocenters. The van der Waals surface area contributed by atoms with Gasteiger partial charge in [0, 0.05) is 0 Å². The SMILES string of the molecule is CCCS(=O)(=O)c1ccc(OCCC2CCCNC2)cc1. The van der Waals surface area contributed by atoms with Crippen LogP contribution in [0.5, 0.6) is 5.75 Å². The molecule has 5 heteroatoms. The molecule has 1 atom stereocenters. The fraction of sp³-hybridized carbons (Fsp3) is 0.625. The molecule has 1 aromatic carbocycles. The number of benzene rings is 1. The Morgan fingerprint density at radius 1 is 1.29 bits per heavy atom. The van der Waals surface area contributed by atoms with E-state index in [0.717, 1.165) is 25.3 Å². The zero-order valence-electron chi connectivity index (χ0n) is 12.7. The maximum atomic E-state index is 11.9. The van der Waals surface area contributed by atoms with E-state index < -0.39 is 9.84 Å². The first kappa shape index (κ1) is 16.3. The highest BCUT2D eigenvalue weighted by molar-refractivity contribution is 7.91. The van der Waals surface area contributed by atoms with Gasteiger partial charge in [-0.25, -0.2) is 8.42 Å². The summed E-state index contributed by atoms with van der Waals surface area (Å²) in [5.74, 6) is 1.64. The summed E-state index contributed by atoms with van der Waals surface area (Å²) in [6.45, 7) is 4.77. The van der Waals surface area contributed by atoms with E-state index in [0.29, 0.717) is 23.8 Å². The summed E-state index contributed by atoms with van der Waals surface area (Å²) in [5, 5.41) is 3.40. The Kier molecular flexibility index (Phi) is 6.06. The van der Waals surface area contributed by atoms with Crippen LogP contribution in [0.2, 0.25) is 0 Å². The molecular formula is C16H25NO3S. The summed E-state index contributed by atoms with van der Waals surface area (Å²) in [4.78, 5) is 0.383. The van der Waals surface area contributed by atoms with Crippen molar-refractivity contribution in [2.75, 3.05) is 25.4 Å². The molecule has 1 N–H and O–H groups in total. The Morgan fingerprint density at radius 2 is 2.05 bits per heavy atom. The van der Waals surface area contributed by atoms with Crippen molar-refractivity contribution >= 4 is 9.84 Å². The first-order valence-electron chi connectivity index (χ1n) is 7.78. The molecule has 1 heterocycles. The van der Waals surface area contributed by atoms with E-state index in [9.17, 15) is 8.42 Å². The molecule has 118 valence electrons. The van der Waals surface area contributed by atoms with E-state index in [2.05, 4.69) is 5.32 Å². The van der Waals surface area contributed by atoms with E-state index in [1.54, 1.807) is 24.3 Å². The fourth-order valence-electron chi connectivity index (χ4n) is 2.64. The average molecular weight is 311 g/mol. The van der Waals surface area contributed by atoms with Crippen molar-refractivity contribution in [1.29, 1.82) is 0 Å². The third-order valence-electron chi connectivity index (χ3n) is 3.85. The van der Waals surface area contributed by atoms with Crippen LogP contribution in [0.3, 0.4) is 0 Å². The van der Waals surface area contributed by atoms with E-state index in [1.807, 2.05) is 6.92 Å². The zero-order valence-corrected chi connectivity index (χ0v) is 13.5. The van der Waals surface area contributed by atoms with Gasteiger partial charge in [0.15, 0.2) is 9.84 Å². The number of ether oxygens (including phenoxy) is 1. The zero-order chi connectivity index (χ0) is 15.1. The second-order valence-corrected chi connectivity index (χ2v) is 7.75. The summed E-state index contributed by atoms with van der Waals surface area (Å²) in [6.07, 6.45) is 4.19. The predicted octanol–water partition coefficient (Wildman–Crippen LogP) is 2.64. The Hall–Kier alpha value is -1.07. The molecule has 0 aromatic heterocycles. The van der Waals surface area contributed by atoms with Crippen LogP contribution >= 0.6 is 0 Å². The molecule has 0 amide bonds. The lowest BCUT2D eigenvalue weighted by atomic mass is 9.97. The van der Waals surface area contributed by atoms with Crippen LogP contribution in [0, 0.1) is 5.92 Å². The van der Waals surface area contributed by atoms with Crippen molar-refractivity contribution in [2.45, 2.75) is 37.5 Å². The van der Waals surface area contributed by atoms with Crippen molar-refractivity contribution < 1.29 is 13.2 Å². The van der Waals surface area contributed by atoms with Gasteiger partial charge in [0.05, 0.1) is 17.3 Å². The number of hydrogen-bond acceptors (Lipinski definition) is 4. The summed E-state index contributed by atoms with van der Waals surface area (Å²) in [7, 11) is -3.13. The summed E-state index contributed by atoms with van der Waals surface area (Å²) >= 11 is 0. The van der Waals surface area contributed by atoms with Gasteiger partial charge in [0.2, 0.25) is 0 Å². The van der Waals surface area contributed by atoms with Crippen LogP contribution in [0.4, 0.5) is 0 Å². The lowest BCUT2D eigenvalue weighted by molar-refractivity contribution is 0.254. The van der Waals surface area contributed by atoms with Gasteiger partial charge in [-0.2, -0.15) is 0 Å². The number of sulfone groups is 1. The molecule has 1 aromatic rings. The minimum absolute atomic E-state index is 0.196. The number of piperidine rings is 1. The van der Waals surface area contributed by atoms with Crippen LogP contribution < -0.4 is 10.1 Å². The first-order valence-corrected chi connectivity index (χ1v) is 9.43. The normalized spacial score (nSPS) is 19.4. The van der Waals surface area contributed by atoms with Gasteiger partial charge < -0.3 is 10.1 Å². The van der Waals surface area contributed by atoms with E-state index >= 15 is 0 Å². The quantitative estimate of drug-likeness (QED) is 0.841. The van der Waals surface area contributed by atoms with Crippen LogP contribution in [-0.2, 0) is 9.84 Å². The van der Waals surface area contributed by atoms with Gasteiger partial charge in [-0.1, -0.05) is 6.92 Å². The van der Waals surface area contributed by atoms with Crippen LogP contribution in [0.1, 0.15) is 32.6 Å². The minimum atomic E-state index is -3.13. The third-order valence-corrected chi connectivity index (χ3v) is 5.79. The molecule has 21 heavy (non-hydrogen) atoms. The van der Waals surface area contributed by atoms with E-state index in [4.69, 9.17) is 4.74 Å². The van der Waals surface area contributed by atoms with Gasteiger partial charge >= 0.3 is 0 Å². The van der Waals surface area contributed by atoms with Crippen LogP contribution in [0.15, 0.2) is 29.2 Å². The van der Waals surface area contributed by atoms with Gasteiger partial charge in [0.1, 0.15) is 5.75 Å². The Labute approximate surface area is 127 Å². The smallest absolute Gasteiger partial charge is 0.178 e. The molecule has 0 bridgehead atoms. The molecular weight excluding hydrogens is 286 g/mol. The molecule has 4 nitrogen and oxygen atoms in total. The fourth-order valence-corrected chi connectivity index (χ4v) is 3.97. The molecule has 0 radical (unpaired) electrons. The van der Waals surface area contributed by atoms with Crippen molar-refractivity contribution in [3.63, 3.8) is 0 Å². The molecule has 1 aliphatic rings. The molecule has 0 saturated carbocycles. The predicted molar refractivity (Wildman–Crippen MR) is 84.5 cm³/mol. The molecule has 1 aliphatic heterocycles. The van der Waals surface area contributed by atoms with Gasteiger partial charge in [0.25, 0.3) is 0 Å². The molecule has 0 spiro atoms. The lowest BCUT2D eigenvalue weighted by Crippen LogP contribution is -2.30. The molecule has 0 aliphatic carbocycles. The van der Waals surface area contributed by atoms with Crippen LogP contribution in [-0.4, -0.2) is 33.9 Å². The van der Waals surface area contributed by atoms with E-state index in [1.165, 1.54) is 12.8 Å². The van der Waals surface area contributed by atoms with Gasteiger partial charge in [-0.3, -0.25) is 0 Å². The second-order valence-electron chi connectivity index (χ2n) is 5.64. The standard InChI is InChI=1S/C16H25NO3S/c1-2-12-21(18,19)16-7-5-15(6-8-16)20-11-9-14-4-3-10-17-13-14/h5-8,14,17H,2-4,9-13H2,1H3. The summed E-state index contributed by atoms with van der Waals surface area (Å²) in [6, 6.07) is 6.79. The van der Waals surface area contributed by atoms with E-state index in [-0.39, 0.29) is 5.75 Å². The van der Waals surface area contributed by atoms with Gasteiger partial charge in [-0.05, 0) is 69.0 Å². The maximum absolute atomic E-state index is 11.9. The molecule has 2 rings (SSSR count). The topological polar surface area (TPSA) is 55.4 Å². The number of nitrogens with one attached hydrogen (secondary N) is 1. The summed E-state index contributed by atoms with van der Waals surface area (Å²) in [5.41, 5.74) is 0. The highest BCUT2D eigenvalue weighted by Crippen LogP contribution is 2.19. The van der Waals surface area contributed by atoms with Gasteiger partial charge in [-0.15, -0.1) is 0 Å². The van der Waals surface area contributed by atoms with Crippen molar-refractivity contribution in [3.05, 3.63) is 24.3 Å². The Balaban J connectivity index is 1.82. The van der Waals surface area contributed by atoms with Crippen molar-refractivity contribution in [1.82, 2.24) is 5.32 Å². The Morgan fingerprint density at radius 3 is 2.67 bits per heavy atom. The molecule has 1 fully saturated rings. The molecule has 1 saturated heterocycles. The maximum Gasteiger partial charge on any atom is 0.178 e. The lowest BCUT2D eigenvalue weighted by Gasteiger charge is -2.22. The number of rotatable bonds is 7. The summed E-state index contributed by atoms with van der Waals surface area (Å²) < 4.78 is 29.5. The van der Waals surface area contributed by atoms with Crippen molar-refractivity contribution in [2.24, 2.45) is 5.92 Å². The first-order chi connectivity index (χ1) is 10.1. The van der Waals surface area contributed by atoms with Crippen LogP contribution in [0.25, 0.3) is 0 Å². The monoisotopic (exact) mass is 311 g/mol. The van der Waals surface area contributed by atoms with Crippen molar-refractivity contribution in [3.8, 4) is 5.75 Å². The second kappa shape index (κ2) is 7.80. The number of hydrogen-bond donors (Lipinski definition) is 1. The highest BCUT2D eigenvalue weighted by atomic mass is 32.2. The Bertz CT molecular complexity index is 519. The minimum Gasteiger partial charge on any atom is -0.494 e. The highest BCUT2D eigenvalue weighted by Gasteiger charge is 2.14. The average Bonchev–Trinajstić information content (AvgIpc) is 2.49. The largest absolute Gasteiger partial charge is 0.494 e. The third kappa shape index (κ3) is 5.00.